The molecular weight excluding hydrogens is 287 g/mol. The summed E-state index contributed by atoms with van der Waals surface area (Å²) in [5.41, 5.74) is 0.308. The number of ether oxygens (including phenoxy) is 1. The van der Waals surface area contributed by atoms with Gasteiger partial charge < -0.3 is 4.74 Å². The molecule has 1 aliphatic heterocycles. The standard InChI is InChI=1S/C12H21IO/c1-2-10-5-3-4-7-12(10)8-6-11(9-13)14-12/h10-11H,2-9H2,1H3. The highest BCUT2D eigenvalue weighted by Gasteiger charge is 2.45. The number of hydrogen-bond acceptors (Lipinski definition) is 1. The van der Waals surface area contributed by atoms with Crippen molar-refractivity contribution in [3.8, 4) is 0 Å². The van der Waals surface area contributed by atoms with Crippen LogP contribution in [0, 0.1) is 5.92 Å². The highest BCUT2D eigenvalue weighted by atomic mass is 127. The number of alkyl halides is 1. The molecule has 2 fully saturated rings. The normalized spacial score (nSPS) is 43.3. The topological polar surface area (TPSA) is 9.23 Å². The van der Waals surface area contributed by atoms with Gasteiger partial charge >= 0.3 is 0 Å². The maximum Gasteiger partial charge on any atom is 0.0715 e. The van der Waals surface area contributed by atoms with Gasteiger partial charge in [-0.2, -0.15) is 0 Å². The second kappa shape index (κ2) is 4.69. The molecule has 2 aliphatic rings. The second-order valence-electron chi connectivity index (χ2n) is 4.85. The SMILES string of the molecule is CCC1CCCCC12CCC(CI)O2. The summed E-state index contributed by atoms with van der Waals surface area (Å²) >= 11 is 2.46. The highest BCUT2D eigenvalue weighted by molar-refractivity contribution is 14.1. The lowest BCUT2D eigenvalue weighted by atomic mass is 9.72. The number of hydrogen-bond donors (Lipinski definition) is 0. The van der Waals surface area contributed by atoms with E-state index in [-0.39, 0.29) is 0 Å². The predicted octanol–water partition coefficient (Wildman–Crippen LogP) is 3.94. The van der Waals surface area contributed by atoms with E-state index in [9.17, 15) is 0 Å². The minimum absolute atomic E-state index is 0.308. The van der Waals surface area contributed by atoms with Crippen LogP contribution in [0.15, 0.2) is 0 Å². The number of halogens is 1. The average Bonchev–Trinajstić information content (AvgIpc) is 2.63. The fraction of sp³-hybridized carbons (Fsp3) is 1.00. The summed E-state index contributed by atoms with van der Waals surface area (Å²) in [5.74, 6) is 0.851. The molecule has 1 saturated heterocycles. The molecule has 2 rings (SSSR count). The van der Waals surface area contributed by atoms with E-state index in [1.54, 1.807) is 0 Å². The molecule has 0 amide bonds. The van der Waals surface area contributed by atoms with Crippen LogP contribution >= 0.6 is 22.6 Å². The Hall–Kier alpha value is 0.690. The first-order valence-corrected chi connectivity index (χ1v) is 7.57. The summed E-state index contributed by atoms with van der Waals surface area (Å²) < 4.78 is 7.51. The van der Waals surface area contributed by atoms with Crippen LogP contribution in [0.4, 0.5) is 0 Å². The summed E-state index contributed by atoms with van der Waals surface area (Å²) in [6.45, 7) is 2.33. The molecule has 0 aromatic carbocycles. The molecule has 1 nitrogen and oxygen atoms in total. The van der Waals surface area contributed by atoms with Gasteiger partial charge in [0.2, 0.25) is 0 Å². The van der Waals surface area contributed by atoms with E-state index >= 15 is 0 Å². The van der Waals surface area contributed by atoms with Crippen molar-refractivity contribution in [1.82, 2.24) is 0 Å². The highest BCUT2D eigenvalue weighted by Crippen LogP contribution is 2.47. The van der Waals surface area contributed by atoms with Gasteiger partial charge in [0, 0.05) is 4.43 Å². The smallest absolute Gasteiger partial charge is 0.0715 e. The fourth-order valence-corrected chi connectivity index (χ4v) is 3.93. The van der Waals surface area contributed by atoms with Crippen LogP contribution in [0.1, 0.15) is 51.9 Å². The Bertz CT molecular complexity index is 195. The second-order valence-corrected chi connectivity index (χ2v) is 5.73. The quantitative estimate of drug-likeness (QED) is 0.554. The Labute approximate surface area is 101 Å². The molecule has 0 N–H and O–H groups in total. The summed E-state index contributed by atoms with van der Waals surface area (Å²) in [4.78, 5) is 0. The van der Waals surface area contributed by atoms with Gasteiger partial charge in [0.15, 0.2) is 0 Å². The van der Waals surface area contributed by atoms with Crippen LogP contribution in [-0.4, -0.2) is 16.1 Å². The molecule has 2 heteroatoms. The van der Waals surface area contributed by atoms with E-state index in [0.29, 0.717) is 11.7 Å². The van der Waals surface area contributed by atoms with E-state index in [2.05, 4.69) is 29.5 Å². The van der Waals surface area contributed by atoms with Gasteiger partial charge in [-0.3, -0.25) is 0 Å². The van der Waals surface area contributed by atoms with Crippen molar-refractivity contribution in [3.05, 3.63) is 0 Å². The first-order valence-electron chi connectivity index (χ1n) is 6.04. The summed E-state index contributed by atoms with van der Waals surface area (Å²) in [7, 11) is 0. The zero-order chi connectivity index (χ0) is 10.0. The molecular formula is C12H21IO. The molecule has 1 heterocycles. The Balaban J connectivity index is 2.05. The molecule has 0 aromatic rings. The molecule has 0 aromatic heterocycles. The molecule has 1 spiro atoms. The van der Waals surface area contributed by atoms with Crippen LogP contribution < -0.4 is 0 Å². The van der Waals surface area contributed by atoms with Gasteiger partial charge in [0.1, 0.15) is 0 Å². The third-order valence-corrected chi connectivity index (χ3v) is 5.08. The first kappa shape index (κ1) is 11.2. The van der Waals surface area contributed by atoms with Crippen LogP contribution in [0.5, 0.6) is 0 Å². The Morgan fingerprint density at radius 2 is 2.14 bits per heavy atom. The summed E-state index contributed by atoms with van der Waals surface area (Å²) in [5, 5.41) is 0. The summed E-state index contributed by atoms with van der Waals surface area (Å²) in [6, 6.07) is 0. The minimum atomic E-state index is 0.308. The van der Waals surface area contributed by atoms with E-state index in [4.69, 9.17) is 4.74 Å². The van der Waals surface area contributed by atoms with Crippen molar-refractivity contribution in [2.75, 3.05) is 4.43 Å². The molecule has 1 saturated carbocycles. The molecule has 82 valence electrons. The van der Waals surface area contributed by atoms with Gasteiger partial charge in [-0.05, 0) is 31.6 Å². The van der Waals surface area contributed by atoms with Gasteiger partial charge in [-0.15, -0.1) is 0 Å². The lowest BCUT2D eigenvalue weighted by molar-refractivity contribution is -0.0941. The maximum atomic E-state index is 6.34. The lowest BCUT2D eigenvalue weighted by Gasteiger charge is -2.41. The van der Waals surface area contributed by atoms with Crippen molar-refractivity contribution < 1.29 is 4.74 Å². The van der Waals surface area contributed by atoms with Crippen LogP contribution in [0.3, 0.4) is 0 Å². The van der Waals surface area contributed by atoms with Gasteiger partial charge in [-0.25, -0.2) is 0 Å². The maximum absolute atomic E-state index is 6.34. The van der Waals surface area contributed by atoms with Crippen LogP contribution in [-0.2, 0) is 4.74 Å². The third-order valence-electron chi connectivity index (χ3n) is 4.10. The fourth-order valence-electron chi connectivity index (χ4n) is 3.31. The Morgan fingerprint density at radius 1 is 1.29 bits per heavy atom. The minimum Gasteiger partial charge on any atom is -0.371 e. The molecule has 1 aliphatic carbocycles. The van der Waals surface area contributed by atoms with Crippen molar-refractivity contribution in [3.63, 3.8) is 0 Å². The van der Waals surface area contributed by atoms with Gasteiger partial charge in [0.05, 0.1) is 11.7 Å². The Morgan fingerprint density at radius 3 is 2.79 bits per heavy atom. The summed E-state index contributed by atoms with van der Waals surface area (Å²) in [6.07, 6.45) is 10.1. The van der Waals surface area contributed by atoms with Gasteiger partial charge in [0.25, 0.3) is 0 Å². The van der Waals surface area contributed by atoms with Crippen molar-refractivity contribution in [2.24, 2.45) is 5.92 Å². The zero-order valence-corrected chi connectivity index (χ0v) is 11.3. The first-order chi connectivity index (χ1) is 6.80. The van der Waals surface area contributed by atoms with E-state index < -0.39 is 0 Å². The van der Waals surface area contributed by atoms with Crippen LogP contribution in [0.25, 0.3) is 0 Å². The van der Waals surface area contributed by atoms with Crippen molar-refractivity contribution in [1.29, 1.82) is 0 Å². The molecule has 3 unspecified atom stereocenters. The zero-order valence-electron chi connectivity index (χ0n) is 9.10. The largest absolute Gasteiger partial charge is 0.371 e. The molecule has 14 heavy (non-hydrogen) atoms. The Kier molecular flexibility index (Phi) is 3.74. The van der Waals surface area contributed by atoms with E-state index in [1.807, 2.05) is 0 Å². The molecule has 0 bridgehead atoms. The number of rotatable bonds is 2. The third kappa shape index (κ3) is 1.97. The van der Waals surface area contributed by atoms with Crippen molar-refractivity contribution >= 4 is 22.6 Å². The van der Waals surface area contributed by atoms with Crippen LogP contribution in [0.2, 0.25) is 0 Å². The van der Waals surface area contributed by atoms with E-state index in [1.165, 1.54) is 49.4 Å². The predicted molar refractivity (Wildman–Crippen MR) is 68.0 cm³/mol. The molecule has 0 radical (unpaired) electrons. The molecule has 3 atom stereocenters. The van der Waals surface area contributed by atoms with E-state index in [0.717, 1.165) is 5.92 Å². The monoisotopic (exact) mass is 308 g/mol. The van der Waals surface area contributed by atoms with Gasteiger partial charge in [-0.1, -0.05) is 48.8 Å². The average molecular weight is 308 g/mol. The van der Waals surface area contributed by atoms with Crippen molar-refractivity contribution in [2.45, 2.75) is 63.6 Å². The lowest BCUT2D eigenvalue weighted by Crippen LogP contribution is -2.40.